The molecule has 22 heavy (non-hydrogen) atoms. The summed E-state index contributed by atoms with van der Waals surface area (Å²) in [4.78, 5) is 13.1. The molecule has 0 aliphatic carbocycles. The second kappa shape index (κ2) is 7.14. The lowest BCUT2D eigenvalue weighted by molar-refractivity contribution is 0.323. The smallest absolute Gasteiger partial charge is 0.203 e. The summed E-state index contributed by atoms with van der Waals surface area (Å²) in [5, 5.41) is 0. The fourth-order valence-electron chi connectivity index (χ4n) is 3.37. The van der Waals surface area contributed by atoms with E-state index in [1.54, 1.807) is 0 Å². The van der Waals surface area contributed by atoms with Crippen LogP contribution in [0.4, 0.5) is 5.95 Å². The quantitative estimate of drug-likeness (QED) is 0.793. The molecular weight excluding hydrogens is 272 g/mol. The second-order valence-corrected chi connectivity index (χ2v) is 6.49. The van der Waals surface area contributed by atoms with Crippen molar-refractivity contribution < 1.29 is 0 Å². The Morgan fingerprint density at radius 2 is 2.14 bits per heavy atom. The van der Waals surface area contributed by atoms with E-state index in [1.807, 2.05) is 6.07 Å². The molecule has 1 aliphatic heterocycles. The van der Waals surface area contributed by atoms with Crippen LogP contribution in [0.1, 0.15) is 39.0 Å². The summed E-state index contributed by atoms with van der Waals surface area (Å²) >= 11 is 0. The Balaban J connectivity index is 1.55. The van der Waals surface area contributed by atoms with E-state index >= 15 is 0 Å². The standard InChI is InChI=1S/C18H28N4/c1-3-4-5-8-12-22-13-11-15(14-22)21(2)18-19-16-9-6-7-10-17(16)20-18/h6-7,9-10,15H,3-5,8,11-14H2,1-2H3,(H,19,20). The molecule has 1 aromatic carbocycles. The number of likely N-dealkylation sites (tertiary alicyclic amines) is 1. The van der Waals surface area contributed by atoms with Gasteiger partial charge in [-0.25, -0.2) is 4.98 Å². The van der Waals surface area contributed by atoms with Gasteiger partial charge in [0.1, 0.15) is 0 Å². The monoisotopic (exact) mass is 300 g/mol. The summed E-state index contributed by atoms with van der Waals surface area (Å²) in [7, 11) is 2.17. The van der Waals surface area contributed by atoms with E-state index < -0.39 is 0 Å². The number of hydrogen-bond acceptors (Lipinski definition) is 3. The van der Waals surface area contributed by atoms with Gasteiger partial charge in [0.2, 0.25) is 5.95 Å². The van der Waals surface area contributed by atoms with Crippen LogP contribution in [0, 0.1) is 0 Å². The van der Waals surface area contributed by atoms with Crippen molar-refractivity contribution in [3.63, 3.8) is 0 Å². The molecule has 1 saturated heterocycles. The molecule has 3 rings (SSSR count). The van der Waals surface area contributed by atoms with Crippen LogP contribution >= 0.6 is 0 Å². The molecule has 0 spiro atoms. The van der Waals surface area contributed by atoms with Crippen LogP contribution in [0.25, 0.3) is 11.0 Å². The third kappa shape index (κ3) is 3.43. The highest BCUT2D eigenvalue weighted by atomic mass is 15.3. The zero-order chi connectivity index (χ0) is 15.4. The lowest BCUT2D eigenvalue weighted by Crippen LogP contribution is -2.35. The predicted octanol–water partition coefficient (Wildman–Crippen LogP) is 3.65. The zero-order valence-corrected chi connectivity index (χ0v) is 13.9. The van der Waals surface area contributed by atoms with Gasteiger partial charge in [0.15, 0.2) is 0 Å². The van der Waals surface area contributed by atoms with Gasteiger partial charge in [-0.3, -0.25) is 0 Å². The molecular formula is C18H28N4. The van der Waals surface area contributed by atoms with Crippen molar-refractivity contribution in [3.05, 3.63) is 24.3 Å². The Morgan fingerprint density at radius 1 is 1.27 bits per heavy atom. The summed E-state index contributed by atoms with van der Waals surface area (Å²) in [5.41, 5.74) is 2.18. The number of hydrogen-bond donors (Lipinski definition) is 1. The molecule has 2 heterocycles. The average molecular weight is 300 g/mol. The van der Waals surface area contributed by atoms with Crippen molar-refractivity contribution in [1.82, 2.24) is 14.9 Å². The van der Waals surface area contributed by atoms with Crippen molar-refractivity contribution in [3.8, 4) is 0 Å². The third-order valence-corrected chi connectivity index (χ3v) is 4.83. The first kappa shape index (κ1) is 15.3. The van der Waals surface area contributed by atoms with Gasteiger partial charge in [0, 0.05) is 26.2 Å². The van der Waals surface area contributed by atoms with Crippen molar-refractivity contribution in [1.29, 1.82) is 0 Å². The van der Waals surface area contributed by atoms with Crippen LogP contribution in [-0.4, -0.2) is 47.6 Å². The van der Waals surface area contributed by atoms with E-state index in [1.165, 1.54) is 51.7 Å². The van der Waals surface area contributed by atoms with Crippen molar-refractivity contribution in [2.45, 2.75) is 45.1 Å². The first-order chi connectivity index (χ1) is 10.8. The molecule has 0 amide bonds. The number of H-pyrrole nitrogens is 1. The van der Waals surface area contributed by atoms with E-state index in [0.717, 1.165) is 17.0 Å². The van der Waals surface area contributed by atoms with E-state index in [4.69, 9.17) is 4.98 Å². The fraction of sp³-hybridized carbons (Fsp3) is 0.611. The zero-order valence-electron chi connectivity index (χ0n) is 13.9. The van der Waals surface area contributed by atoms with Gasteiger partial charge >= 0.3 is 0 Å². The van der Waals surface area contributed by atoms with Crippen LogP contribution < -0.4 is 4.90 Å². The number of benzene rings is 1. The van der Waals surface area contributed by atoms with E-state index in [2.05, 4.69) is 47.0 Å². The molecule has 4 heteroatoms. The Labute approximate surface area is 133 Å². The number of para-hydroxylation sites is 2. The summed E-state index contributed by atoms with van der Waals surface area (Å²) in [6, 6.07) is 8.83. The molecule has 1 unspecified atom stereocenters. The van der Waals surface area contributed by atoms with Gasteiger partial charge in [-0.2, -0.15) is 0 Å². The maximum absolute atomic E-state index is 4.72. The molecule has 0 saturated carbocycles. The molecule has 0 bridgehead atoms. The maximum Gasteiger partial charge on any atom is 0.203 e. The van der Waals surface area contributed by atoms with Crippen LogP contribution in [0.3, 0.4) is 0 Å². The number of aromatic amines is 1. The van der Waals surface area contributed by atoms with Crippen molar-refractivity contribution >= 4 is 17.0 Å². The second-order valence-electron chi connectivity index (χ2n) is 6.49. The topological polar surface area (TPSA) is 35.2 Å². The van der Waals surface area contributed by atoms with Gasteiger partial charge in [0.05, 0.1) is 11.0 Å². The van der Waals surface area contributed by atoms with Gasteiger partial charge in [0.25, 0.3) is 0 Å². The normalized spacial score (nSPS) is 19.1. The predicted molar refractivity (Wildman–Crippen MR) is 93.5 cm³/mol. The number of fused-ring (bicyclic) bond motifs is 1. The molecule has 0 radical (unpaired) electrons. The fourth-order valence-corrected chi connectivity index (χ4v) is 3.37. The van der Waals surface area contributed by atoms with Crippen LogP contribution in [0.5, 0.6) is 0 Å². The third-order valence-electron chi connectivity index (χ3n) is 4.83. The number of nitrogens with zero attached hydrogens (tertiary/aromatic N) is 3. The number of imidazole rings is 1. The highest BCUT2D eigenvalue weighted by Crippen LogP contribution is 2.22. The highest BCUT2D eigenvalue weighted by Gasteiger charge is 2.26. The minimum Gasteiger partial charge on any atom is -0.341 e. The van der Waals surface area contributed by atoms with E-state index in [-0.39, 0.29) is 0 Å². The first-order valence-electron chi connectivity index (χ1n) is 8.68. The molecule has 1 aliphatic rings. The van der Waals surface area contributed by atoms with Gasteiger partial charge in [-0.1, -0.05) is 38.3 Å². The molecule has 1 N–H and O–H groups in total. The molecule has 120 valence electrons. The largest absolute Gasteiger partial charge is 0.341 e. The summed E-state index contributed by atoms with van der Waals surface area (Å²) < 4.78 is 0. The van der Waals surface area contributed by atoms with E-state index in [0.29, 0.717) is 6.04 Å². The number of nitrogens with one attached hydrogen (secondary N) is 1. The number of anilines is 1. The lowest BCUT2D eigenvalue weighted by atomic mass is 10.2. The lowest BCUT2D eigenvalue weighted by Gasteiger charge is -2.24. The summed E-state index contributed by atoms with van der Waals surface area (Å²) in [6.45, 7) is 5.92. The SMILES string of the molecule is CCCCCCN1CCC(N(C)c2nc3ccccc3[nH]2)C1. The number of likely N-dealkylation sites (N-methyl/N-ethyl adjacent to an activating group) is 1. The van der Waals surface area contributed by atoms with Crippen molar-refractivity contribution in [2.24, 2.45) is 0 Å². The van der Waals surface area contributed by atoms with Gasteiger partial charge in [-0.15, -0.1) is 0 Å². The molecule has 2 aromatic rings. The Bertz CT molecular complexity index is 559. The Hall–Kier alpha value is -1.55. The minimum atomic E-state index is 0.576. The number of unbranched alkanes of at least 4 members (excludes halogenated alkanes) is 3. The Morgan fingerprint density at radius 3 is 2.95 bits per heavy atom. The minimum absolute atomic E-state index is 0.576. The Kier molecular flexibility index (Phi) is 4.98. The molecule has 1 atom stereocenters. The average Bonchev–Trinajstić information content (AvgIpc) is 3.17. The first-order valence-corrected chi connectivity index (χ1v) is 8.68. The summed E-state index contributed by atoms with van der Waals surface area (Å²) in [5.74, 6) is 0.999. The highest BCUT2D eigenvalue weighted by molar-refractivity contribution is 5.77. The van der Waals surface area contributed by atoms with E-state index in [9.17, 15) is 0 Å². The number of rotatable bonds is 7. The van der Waals surface area contributed by atoms with Crippen LogP contribution in [0.2, 0.25) is 0 Å². The van der Waals surface area contributed by atoms with Crippen molar-refractivity contribution in [2.75, 3.05) is 31.6 Å². The maximum atomic E-state index is 4.72. The van der Waals surface area contributed by atoms with Gasteiger partial charge in [-0.05, 0) is 31.5 Å². The van der Waals surface area contributed by atoms with Crippen LogP contribution in [-0.2, 0) is 0 Å². The number of aromatic nitrogens is 2. The van der Waals surface area contributed by atoms with Gasteiger partial charge < -0.3 is 14.8 Å². The summed E-state index contributed by atoms with van der Waals surface area (Å²) in [6.07, 6.45) is 6.64. The molecule has 4 nitrogen and oxygen atoms in total. The molecule has 1 fully saturated rings. The van der Waals surface area contributed by atoms with Crippen LogP contribution in [0.15, 0.2) is 24.3 Å². The molecule has 1 aromatic heterocycles.